The summed E-state index contributed by atoms with van der Waals surface area (Å²) in [5.74, 6) is 0.464. The van der Waals surface area contributed by atoms with Gasteiger partial charge >= 0.3 is 0 Å². The minimum Gasteiger partial charge on any atom is -0.382 e. The van der Waals surface area contributed by atoms with E-state index in [0.29, 0.717) is 5.78 Å². The molecule has 0 aliphatic heterocycles. The van der Waals surface area contributed by atoms with Gasteiger partial charge in [0, 0.05) is 26.1 Å². The van der Waals surface area contributed by atoms with E-state index in [2.05, 4.69) is 19.1 Å². The number of rotatable bonds is 2. The van der Waals surface area contributed by atoms with E-state index >= 15 is 0 Å². The van der Waals surface area contributed by atoms with E-state index in [4.69, 9.17) is 4.74 Å². The molecule has 2 rings (SSSR count). The summed E-state index contributed by atoms with van der Waals surface area (Å²) < 4.78 is 4.83. The molecule has 0 radical (unpaired) electrons. The second-order valence-corrected chi connectivity index (χ2v) is 4.54. The summed E-state index contributed by atoms with van der Waals surface area (Å²) in [6, 6.07) is 10.3. The van der Waals surface area contributed by atoms with Crippen LogP contribution in [0.3, 0.4) is 0 Å². The second kappa shape index (κ2) is 13.3. The summed E-state index contributed by atoms with van der Waals surface area (Å²) in [6.07, 6.45) is 5.24. The van der Waals surface area contributed by atoms with E-state index in [1.54, 1.807) is 0 Å². The van der Waals surface area contributed by atoms with Gasteiger partial charge in [-0.1, -0.05) is 42.3 Å². The van der Waals surface area contributed by atoms with Crippen molar-refractivity contribution in [3.8, 4) is 0 Å². The van der Waals surface area contributed by atoms with Crippen molar-refractivity contribution in [3.63, 3.8) is 0 Å². The first kappa shape index (κ1) is 17.8. The van der Waals surface area contributed by atoms with E-state index in [1.807, 2.05) is 32.0 Å². The minimum absolute atomic E-state index is 0.464. The van der Waals surface area contributed by atoms with Gasteiger partial charge in [-0.2, -0.15) is 0 Å². The molecule has 0 amide bonds. The highest BCUT2D eigenvalue weighted by molar-refractivity contribution is 5.78. The van der Waals surface area contributed by atoms with E-state index in [9.17, 15) is 4.79 Å². The number of carbonyl (C=O) groups is 1. The highest BCUT2D eigenvalue weighted by Gasteiger charge is 2.05. The van der Waals surface area contributed by atoms with Gasteiger partial charge in [-0.25, -0.2) is 0 Å². The van der Waals surface area contributed by atoms with Crippen molar-refractivity contribution < 1.29 is 9.53 Å². The number of benzene rings is 1. The molecule has 0 aromatic heterocycles. The first-order chi connectivity index (χ1) is 9.20. The fourth-order valence-electron chi connectivity index (χ4n) is 1.68. The third kappa shape index (κ3) is 13.1. The number of carbonyl (C=O) groups excluding carboxylic acids is 1. The number of ketones is 1. The molecule has 108 valence electrons. The summed E-state index contributed by atoms with van der Waals surface area (Å²) in [6.45, 7) is 7.75. The summed E-state index contributed by atoms with van der Waals surface area (Å²) in [5, 5.41) is 0. The van der Waals surface area contributed by atoms with E-state index < -0.39 is 0 Å². The van der Waals surface area contributed by atoms with Crippen LogP contribution >= 0.6 is 0 Å². The zero-order chi connectivity index (χ0) is 14.3. The highest BCUT2D eigenvalue weighted by Crippen LogP contribution is 2.12. The SMILES string of the molecule is CCOCC.Cc1ccccc1.O=C1CCCCC1. The molecular weight excluding hydrogens is 236 g/mol. The lowest BCUT2D eigenvalue weighted by atomic mass is 10.00. The Kier molecular flexibility index (Phi) is 12.5. The van der Waals surface area contributed by atoms with Crippen LogP contribution in [0.25, 0.3) is 0 Å². The first-order valence-corrected chi connectivity index (χ1v) is 7.31. The molecule has 1 fully saturated rings. The third-order valence-electron chi connectivity index (χ3n) is 2.76. The molecule has 1 saturated carbocycles. The molecule has 0 bridgehead atoms. The largest absolute Gasteiger partial charge is 0.382 e. The zero-order valence-electron chi connectivity index (χ0n) is 12.7. The van der Waals surface area contributed by atoms with Gasteiger partial charge in [0.2, 0.25) is 0 Å². The molecule has 0 atom stereocenters. The normalized spacial score (nSPS) is 13.7. The van der Waals surface area contributed by atoms with Crippen LogP contribution in [0.1, 0.15) is 51.5 Å². The molecule has 0 saturated heterocycles. The molecule has 1 aliphatic carbocycles. The van der Waals surface area contributed by atoms with Gasteiger partial charge in [0.05, 0.1) is 0 Å². The quantitative estimate of drug-likeness (QED) is 0.783. The lowest BCUT2D eigenvalue weighted by Gasteiger charge is -2.05. The number of ether oxygens (including phenoxy) is 1. The highest BCUT2D eigenvalue weighted by atomic mass is 16.5. The predicted molar refractivity (Wildman–Crippen MR) is 81.4 cm³/mol. The molecule has 19 heavy (non-hydrogen) atoms. The molecule has 0 heterocycles. The van der Waals surface area contributed by atoms with Crippen LogP contribution in [0.2, 0.25) is 0 Å². The van der Waals surface area contributed by atoms with Gasteiger partial charge in [-0.3, -0.25) is 4.79 Å². The molecular formula is C17H28O2. The Morgan fingerprint density at radius 1 is 0.947 bits per heavy atom. The standard InChI is InChI=1S/C7H8.C6H10O.C4H10O/c1-7-5-3-2-4-6-7;7-6-4-2-1-3-5-6;1-3-5-4-2/h2-6H,1H3;1-5H2;3-4H2,1-2H3. The van der Waals surface area contributed by atoms with Gasteiger partial charge in [-0.05, 0) is 33.6 Å². The first-order valence-electron chi connectivity index (χ1n) is 7.31. The monoisotopic (exact) mass is 264 g/mol. The van der Waals surface area contributed by atoms with Crippen LogP contribution in [0.4, 0.5) is 0 Å². The Hall–Kier alpha value is -1.15. The number of hydrogen-bond acceptors (Lipinski definition) is 2. The Balaban J connectivity index is 0.000000261. The van der Waals surface area contributed by atoms with E-state index in [-0.39, 0.29) is 0 Å². The van der Waals surface area contributed by atoms with Gasteiger partial charge in [0.1, 0.15) is 5.78 Å². The maximum atomic E-state index is 10.5. The fourth-order valence-corrected chi connectivity index (χ4v) is 1.68. The van der Waals surface area contributed by atoms with E-state index in [0.717, 1.165) is 38.9 Å². The molecule has 2 nitrogen and oxygen atoms in total. The number of Topliss-reactive ketones (excluding diaryl/α,β-unsaturated/α-hetero) is 1. The van der Waals surface area contributed by atoms with Crippen molar-refractivity contribution in [1.82, 2.24) is 0 Å². The molecule has 1 aromatic rings. The fraction of sp³-hybridized carbons (Fsp3) is 0.588. The molecule has 1 aliphatic rings. The topological polar surface area (TPSA) is 26.3 Å². The Morgan fingerprint density at radius 3 is 1.68 bits per heavy atom. The van der Waals surface area contributed by atoms with Gasteiger partial charge in [-0.15, -0.1) is 0 Å². The molecule has 0 N–H and O–H groups in total. The van der Waals surface area contributed by atoms with Crippen molar-refractivity contribution in [2.45, 2.75) is 52.9 Å². The lowest BCUT2D eigenvalue weighted by Crippen LogP contribution is -2.02. The summed E-state index contributed by atoms with van der Waals surface area (Å²) in [5.41, 5.74) is 1.32. The van der Waals surface area contributed by atoms with Crippen LogP contribution in [-0.2, 0) is 9.53 Å². The van der Waals surface area contributed by atoms with Crippen molar-refractivity contribution in [2.75, 3.05) is 13.2 Å². The Bertz CT molecular complexity index is 296. The lowest BCUT2D eigenvalue weighted by molar-refractivity contribution is -0.120. The van der Waals surface area contributed by atoms with Crippen molar-refractivity contribution >= 4 is 5.78 Å². The van der Waals surface area contributed by atoms with E-state index in [1.165, 1.54) is 12.0 Å². The molecule has 0 spiro atoms. The third-order valence-corrected chi connectivity index (χ3v) is 2.76. The Morgan fingerprint density at radius 2 is 1.47 bits per heavy atom. The molecule has 2 heteroatoms. The zero-order valence-corrected chi connectivity index (χ0v) is 12.7. The minimum atomic E-state index is 0.464. The average molecular weight is 264 g/mol. The van der Waals surface area contributed by atoms with Crippen LogP contribution in [0.5, 0.6) is 0 Å². The predicted octanol–water partition coefficient (Wildman–Crippen LogP) is 4.56. The summed E-state index contributed by atoms with van der Waals surface area (Å²) in [4.78, 5) is 10.5. The van der Waals surface area contributed by atoms with Crippen molar-refractivity contribution in [2.24, 2.45) is 0 Å². The van der Waals surface area contributed by atoms with Gasteiger partial charge in [0.25, 0.3) is 0 Å². The van der Waals surface area contributed by atoms with Gasteiger partial charge < -0.3 is 4.74 Å². The Labute approximate surface area is 118 Å². The summed E-state index contributed by atoms with van der Waals surface area (Å²) >= 11 is 0. The smallest absolute Gasteiger partial charge is 0.132 e. The van der Waals surface area contributed by atoms with Crippen LogP contribution in [0.15, 0.2) is 30.3 Å². The average Bonchev–Trinajstić information content (AvgIpc) is 2.43. The second-order valence-electron chi connectivity index (χ2n) is 4.54. The van der Waals surface area contributed by atoms with Crippen molar-refractivity contribution in [3.05, 3.63) is 35.9 Å². The van der Waals surface area contributed by atoms with Crippen LogP contribution < -0.4 is 0 Å². The molecule has 0 unspecified atom stereocenters. The maximum absolute atomic E-state index is 10.5. The van der Waals surface area contributed by atoms with Crippen molar-refractivity contribution in [1.29, 1.82) is 0 Å². The summed E-state index contributed by atoms with van der Waals surface area (Å²) in [7, 11) is 0. The number of aryl methyl sites for hydroxylation is 1. The van der Waals surface area contributed by atoms with Crippen LogP contribution in [-0.4, -0.2) is 19.0 Å². The van der Waals surface area contributed by atoms with Crippen LogP contribution in [0, 0.1) is 6.92 Å². The number of hydrogen-bond donors (Lipinski definition) is 0. The van der Waals surface area contributed by atoms with Gasteiger partial charge in [0.15, 0.2) is 0 Å². The molecule has 1 aromatic carbocycles. The maximum Gasteiger partial charge on any atom is 0.132 e.